The Labute approximate surface area is 192 Å². The molecule has 0 radical (unpaired) electrons. The molecule has 1 aliphatic rings. The zero-order valence-corrected chi connectivity index (χ0v) is 18.9. The maximum Gasteiger partial charge on any atom is 0.170 e. The van der Waals surface area contributed by atoms with Gasteiger partial charge in [0, 0.05) is 54.4 Å². The van der Waals surface area contributed by atoms with Crippen molar-refractivity contribution in [2.75, 3.05) is 25.5 Å². The molecule has 0 atom stereocenters. The minimum atomic E-state index is -0.00945. The van der Waals surface area contributed by atoms with E-state index in [4.69, 9.17) is 4.98 Å². The third kappa shape index (κ3) is 4.90. The third-order valence-electron chi connectivity index (χ3n) is 6.12. The molecule has 5 rings (SSSR count). The first kappa shape index (κ1) is 21.2. The number of aromatic nitrogens is 5. The molecule has 0 aliphatic carbocycles. The first-order chi connectivity index (χ1) is 16.0. The van der Waals surface area contributed by atoms with E-state index < -0.39 is 0 Å². The van der Waals surface area contributed by atoms with Gasteiger partial charge in [0.15, 0.2) is 5.78 Å². The molecule has 1 fully saturated rings. The van der Waals surface area contributed by atoms with Crippen LogP contribution >= 0.6 is 0 Å². The number of ketones is 1. The van der Waals surface area contributed by atoms with Gasteiger partial charge in [-0.25, -0.2) is 4.98 Å². The molecule has 8 heteroatoms. The molecule has 168 valence electrons. The number of piperidine rings is 1. The van der Waals surface area contributed by atoms with Crippen molar-refractivity contribution in [1.82, 2.24) is 29.6 Å². The fraction of sp³-hybridized carbons (Fsp3) is 0.320. The molecular weight excluding hydrogens is 414 g/mol. The van der Waals surface area contributed by atoms with Crippen LogP contribution in [0.4, 0.5) is 5.69 Å². The van der Waals surface area contributed by atoms with Crippen LogP contribution in [-0.4, -0.2) is 61.6 Å². The molecule has 0 bridgehead atoms. The first-order valence-corrected chi connectivity index (χ1v) is 11.2. The Balaban J connectivity index is 1.31. The van der Waals surface area contributed by atoms with Gasteiger partial charge in [0.2, 0.25) is 0 Å². The zero-order chi connectivity index (χ0) is 22.8. The Morgan fingerprint density at radius 2 is 1.94 bits per heavy atom. The third-order valence-corrected chi connectivity index (χ3v) is 6.12. The van der Waals surface area contributed by atoms with Crippen LogP contribution in [0.3, 0.4) is 0 Å². The predicted octanol–water partition coefficient (Wildman–Crippen LogP) is 3.36. The lowest BCUT2D eigenvalue weighted by atomic mass is 10.0. The van der Waals surface area contributed by atoms with E-state index in [0.29, 0.717) is 17.3 Å². The van der Waals surface area contributed by atoms with Crippen molar-refractivity contribution >= 4 is 22.4 Å². The fourth-order valence-electron chi connectivity index (χ4n) is 4.20. The van der Waals surface area contributed by atoms with Gasteiger partial charge in [0.25, 0.3) is 0 Å². The standard InChI is InChI=1S/C25H27N7O/c1-31-7-5-20(6-8-31)29-22-9-18(12-26-15-22)25(33)11-21-10-24-17(13-27-21)3-4-23(30-24)19-14-28-32(2)16-19/h3-4,9-10,12-16,20,29H,5-8,11H2,1-2H3. The van der Waals surface area contributed by atoms with Crippen molar-refractivity contribution in [2.45, 2.75) is 25.3 Å². The van der Waals surface area contributed by atoms with Gasteiger partial charge in [-0.2, -0.15) is 5.10 Å². The molecule has 5 heterocycles. The van der Waals surface area contributed by atoms with E-state index in [0.717, 1.165) is 53.8 Å². The van der Waals surface area contributed by atoms with Crippen LogP contribution < -0.4 is 5.32 Å². The van der Waals surface area contributed by atoms with Crippen LogP contribution in [0.1, 0.15) is 28.9 Å². The highest BCUT2D eigenvalue weighted by Crippen LogP contribution is 2.21. The number of carbonyl (C=O) groups is 1. The number of anilines is 1. The second kappa shape index (κ2) is 9.07. The number of hydrogen-bond acceptors (Lipinski definition) is 7. The number of likely N-dealkylation sites (tertiary alicyclic amines) is 1. The molecule has 1 N–H and O–H groups in total. The number of pyridine rings is 3. The normalized spacial score (nSPS) is 15.1. The summed E-state index contributed by atoms with van der Waals surface area (Å²) in [5, 5.41) is 8.69. The molecule has 0 aromatic carbocycles. The van der Waals surface area contributed by atoms with E-state index in [1.807, 2.05) is 37.5 Å². The van der Waals surface area contributed by atoms with Crippen molar-refractivity contribution in [3.8, 4) is 11.3 Å². The van der Waals surface area contributed by atoms with Crippen molar-refractivity contribution in [3.05, 3.63) is 66.5 Å². The Kier molecular flexibility index (Phi) is 5.83. The average Bonchev–Trinajstić information content (AvgIpc) is 3.26. The fourth-order valence-corrected chi connectivity index (χ4v) is 4.20. The zero-order valence-electron chi connectivity index (χ0n) is 18.9. The quantitative estimate of drug-likeness (QED) is 0.459. The number of nitrogens with one attached hydrogen (secondary N) is 1. The van der Waals surface area contributed by atoms with Crippen LogP contribution in [0.25, 0.3) is 22.2 Å². The maximum absolute atomic E-state index is 13.0. The largest absolute Gasteiger partial charge is 0.381 e. The van der Waals surface area contributed by atoms with E-state index in [1.165, 1.54) is 0 Å². The summed E-state index contributed by atoms with van der Waals surface area (Å²) in [6.45, 7) is 2.15. The summed E-state index contributed by atoms with van der Waals surface area (Å²) in [4.78, 5) is 28.8. The molecule has 0 amide bonds. The van der Waals surface area contributed by atoms with E-state index >= 15 is 0 Å². The number of aryl methyl sites for hydroxylation is 1. The lowest BCUT2D eigenvalue weighted by Crippen LogP contribution is -2.36. The van der Waals surface area contributed by atoms with Crippen LogP contribution in [-0.2, 0) is 13.5 Å². The highest BCUT2D eigenvalue weighted by atomic mass is 16.1. The van der Waals surface area contributed by atoms with Crippen LogP contribution in [0.2, 0.25) is 0 Å². The van der Waals surface area contributed by atoms with Crippen molar-refractivity contribution in [1.29, 1.82) is 0 Å². The molecule has 1 saturated heterocycles. The van der Waals surface area contributed by atoms with E-state index in [1.54, 1.807) is 29.5 Å². The average molecular weight is 442 g/mol. The van der Waals surface area contributed by atoms with Gasteiger partial charge < -0.3 is 10.2 Å². The van der Waals surface area contributed by atoms with Crippen LogP contribution in [0.15, 0.2) is 55.2 Å². The summed E-state index contributed by atoms with van der Waals surface area (Å²) in [6, 6.07) is 8.15. The van der Waals surface area contributed by atoms with Gasteiger partial charge >= 0.3 is 0 Å². The minimum absolute atomic E-state index is 0.00945. The van der Waals surface area contributed by atoms with E-state index in [9.17, 15) is 4.79 Å². The summed E-state index contributed by atoms with van der Waals surface area (Å²) in [5.41, 5.74) is 4.78. The molecule has 4 aromatic heterocycles. The summed E-state index contributed by atoms with van der Waals surface area (Å²) in [5.74, 6) is -0.00945. The number of carbonyl (C=O) groups excluding carboxylic acids is 1. The molecule has 8 nitrogen and oxygen atoms in total. The number of rotatable bonds is 6. The van der Waals surface area contributed by atoms with Gasteiger partial charge in [-0.1, -0.05) is 0 Å². The van der Waals surface area contributed by atoms with E-state index in [2.05, 4.69) is 32.3 Å². The molecule has 0 spiro atoms. The van der Waals surface area contributed by atoms with Crippen molar-refractivity contribution < 1.29 is 4.79 Å². The Hall–Kier alpha value is -3.65. The molecule has 4 aromatic rings. The Morgan fingerprint density at radius 3 is 2.73 bits per heavy atom. The Morgan fingerprint density at radius 1 is 1.09 bits per heavy atom. The molecule has 0 unspecified atom stereocenters. The van der Waals surface area contributed by atoms with Gasteiger partial charge in [-0.15, -0.1) is 0 Å². The van der Waals surface area contributed by atoms with E-state index in [-0.39, 0.29) is 12.2 Å². The maximum atomic E-state index is 13.0. The molecule has 1 aliphatic heterocycles. The summed E-state index contributed by atoms with van der Waals surface area (Å²) >= 11 is 0. The smallest absolute Gasteiger partial charge is 0.170 e. The Bertz CT molecular complexity index is 1290. The van der Waals surface area contributed by atoms with Crippen LogP contribution in [0, 0.1) is 0 Å². The second-order valence-electron chi connectivity index (χ2n) is 8.75. The first-order valence-electron chi connectivity index (χ1n) is 11.2. The second-order valence-corrected chi connectivity index (χ2v) is 8.75. The molecule has 33 heavy (non-hydrogen) atoms. The number of fused-ring (bicyclic) bond motifs is 1. The summed E-state index contributed by atoms with van der Waals surface area (Å²) < 4.78 is 1.75. The van der Waals surface area contributed by atoms with Crippen LogP contribution in [0.5, 0.6) is 0 Å². The summed E-state index contributed by atoms with van der Waals surface area (Å²) in [6.07, 6.45) is 11.3. The van der Waals surface area contributed by atoms with Gasteiger partial charge in [-0.05, 0) is 57.2 Å². The number of hydrogen-bond donors (Lipinski definition) is 1. The van der Waals surface area contributed by atoms with Crippen molar-refractivity contribution in [3.63, 3.8) is 0 Å². The highest BCUT2D eigenvalue weighted by Gasteiger charge is 2.17. The topological polar surface area (TPSA) is 88.8 Å². The van der Waals surface area contributed by atoms with Gasteiger partial charge in [0.05, 0.1) is 35.2 Å². The van der Waals surface area contributed by atoms with Gasteiger partial charge in [0.1, 0.15) is 0 Å². The minimum Gasteiger partial charge on any atom is -0.381 e. The highest BCUT2D eigenvalue weighted by molar-refractivity contribution is 5.98. The van der Waals surface area contributed by atoms with Crippen molar-refractivity contribution in [2.24, 2.45) is 7.05 Å². The van der Waals surface area contributed by atoms with Gasteiger partial charge in [-0.3, -0.25) is 19.4 Å². The number of nitrogens with zero attached hydrogens (tertiary/aromatic N) is 6. The SMILES string of the molecule is CN1CCC(Nc2cncc(C(=O)Cc3cc4nc(-c5cnn(C)c5)ccc4cn3)c2)CC1. The number of Topliss-reactive ketones (excluding diaryl/α,β-unsaturated/α-hetero) is 1. The lowest BCUT2D eigenvalue weighted by molar-refractivity contribution is 0.0991. The predicted molar refractivity (Wildman–Crippen MR) is 128 cm³/mol. The summed E-state index contributed by atoms with van der Waals surface area (Å²) in [7, 11) is 4.03. The molecular formula is C25H27N7O. The lowest BCUT2D eigenvalue weighted by Gasteiger charge is -2.30. The monoisotopic (exact) mass is 441 g/mol. The molecule has 0 saturated carbocycles.